The van der Waals surface area contributed by atoms with Gasteiger partial charge in [-0.05, 0) is 53.8 Å². The average molecular weight is 532 g/mol. The zero-order valence-corrected chi connectivity index (χ0v) is 22.6. The Morgan fingerprint density at radius 3 is 2.27 bits per heavy atom. The maximum Gasteiger partial charge on any atom is 0.311 e. The van der Waals surface area contributed by atoms with Gasteiger partial charge in [-0.15, -0.1) is 0 Å². The van der Waals surface area contributed by atoms with E-state index in [9.17, 15) is 9.59 Å². The molecule has 4 N–H and O–H groups in total. The molecule has 0 saturated heterocycles. The SMILES string of the molecule is COC(=O)[C@H](Cc1cccc(C(=N)N)c1)[C@@H](/C=C/c1ccccc1)NC(=O)c1ccc(-c2cccc(C)c2)cc1. The number of nitrogens with one attached hydrogen (secondary N) is 2. The van der Waals surface area contributed by atoms with Crippen LogP contribution in [0, 0.1) is 18.3 Å². The first-order chi connectivity index (χ1) is 19.3. The van der Waals surface area contributed by atoms with Crippen molar-refractivity contribution in [1.82, 2.24) is 5.32 Å². The van der Waals surface area contributed by atoms with E-state index in [-0.39, 0.29) is 18.2 Å². The molecule has 6 heteroatoms. The van der Waals surface area contributed by atoms with E-state index < -0.39 is 17.9 Å². The summed E-state index contributed by atoms with van der Waals surface area (Å²) >= 11 is 0. The summed E-state index contributed by atoms with van der Waals surface area (Å²) in [5.74, 6) is -1.53. The monoisotopic (exact) mass is 531 g/mol. The van der Waals surface area contributed by atoms with E-state index in [1.807, 2.05) is 85.8 Å². The fourth-order valence-electron chi connectivity index (χ4n) is 4.56. The number of aryl methyl sites for hydroxylation is 1. The summed E-state index contributed by atoms with van der Waals surface area (Å²) in [7, 11) is 1.34. The van der Waals surface area contributed by atoms with E-state index in [1.165, 1.54) is 7.11 Å². The van der Waals surface area contributed by atoms with Gasteiger partial charge < -0.3 is 15.8 Å². The minimum atomic E-state index is -0.720. The number of amides is 1. The van der Waals surface area contributed by atoms with Crippen molar-refractivity contribution in [2.24, 2.45) is 11.7 Å². The van der Waals surface area contributed by atoms with Crippen LogP contribution in [-0.2, 0) is 16.0 Å². The van der Waals surface area contributed by atoms with Gasteiger partial charge in [-0.2, -0.15) is 0 Å². The van der Waals surface area contributed by atoms with Gasteiger partial charge >= 0.3 is 5.97 Å². The number of ether oxygens (including phenoxy) is 1. The van der Waals surface area contributed by atoms with Gasteiger partial charge in [-0.25, -0.2) is 0 Å². The molecule has 202 valence electrons. The van der Waals surface area contributed by atoms with Crippen molar-refractivity contribution in [1.29, 1.82) is 5.41 Å². The van der Waals surface area contributed by atoms with Crippen molar-refractivity contribution in [3.05, 3.63) is 137 Å². The molecule has 40 heavy (non-hydrogen) atoms. The Morgan fingerprint density at radius 2 is 1.60 bits per heavy atom. The van der Waals surface area contributed by atoms with E-state index in [0.717, 1.165) is 27.8 Å². The van der Waals surface area contributed by atoms with Gasteiger partial charge in [0.2, 0.25) is 0 Å². The van der Waals surface area contributed by atoms with Crippen LogP contribution in [0.2, 0.25) is 0 Å². The maximum atomic E-state index is 13.4. The summed E-state index contributed by atoms with van der Waals surface area (Å²) in [5, 5.41) is 10.8. The van der Waals surface area contributed by atoms with Gasteiger partial charge in [0, 0.05) is 11.1 Å². The highest BCUT2D eigenvalue weighted by molar-refractivity contribution is 5.96. The molecule has 1 amide bonds. The molecule has 0 aliphatic carbocycles. The molecule has 0 aliphatic heterocycles. The van der Waals surface area contributed by atoms with E-state index in [4.69, 9.17) is 15.9 Å². The third-order valence-electron chi connectivity index (χ3n) is 6.72. The number of rotatable bonds is 10. The Kier molecular flexibility index (Phi) is 9.26. The number of hydrogen-bond donors (Lipinski definition) is 3. The summed E-state index contributed by atoms with van der Waals surface area (Å²) < 4.78 is 5.17. The molecule has 0 radical (unpaired) electrons. The lowest BCUT2D eigenvalue weighted by Crippen LogP contribution is -2.43. The standard InChI is InChI=1S/C34H33N3O3/c1-23-8-6-12-28(20-23)26-15-17-27(18-16-26)33(38)37-31(19-14-24-9-4-3-5-10-24)30(34(39)40-2)22-25-11-7-13-29(21-25)32(35)36/h3-21,30-31H,22H2,1-2H3,(H3,35,36)(H,37,38)/b19-14+/t30-,31-/m1/s1. The second-order valence-corrected chi connectivity index (χ2v) is 9.66. The van der Waals surface area contributed by atoms with Crippen LogP contribution in [0.15, 0.2) is 109 Å². The summed E-state index contributed by atoms with van der Waals surface area (Å²) in [5.41, 5.74) is 11.7. The molecule has 0 heterocycles. The molecule has 0 fully saturated rings. The molecule has 0 unspecified atom stereocenters. The minimum Gasteiger partial charge on any atom is -0.469 e. The summed E-state index contributed by atoms with van der Waals surface area (Å²) in [6, 6.07) is 31.8. The molecular formula is C34H33N3O3. The van der Waals surface area contributed by atoms with Crippen LogP contribution < -0.4 is 11.1 Å². The lowest BCUT2D eigenvalue weighted by molar-refractivity contribution is -0.145. The molecule has 6 nitrogen and oxygen atoms in total. The van der Waals surface area contributed by atoms with Crippen LogP contribution in [0.5, 0.6) is 0 Å². The van der Waals surface area contributed by atoms with Crippen molar-refractivity contribution in [2.45, 2.75) is 19.4 Å². The predicted molar refractivity (Wildman–Crippen MR) is 160 cm³/mol. The third-order valence-corrected chi connectivity index (χ3v) is 6.72. The first-order valence-corrected chi connectivity index (χ1v) is 13.1. The van der Waals surface area contributed by atoms with Gasteiger partial charge in [-0.1, -0.05) is 103 Å². The molecule has 4 rings (SSSR count). The van der Waals surface area contributed by atoms with Crippen molar-refractivity contribution in [3.8, 4) is 11.1 Å². The smallest absolute Gasteiger partial charge is 0.311 e. The molecular weight excluding hydrogens is 498 g/mol. The molecule has 0 saturated carbocycles. The van der Waals surface area contributed by atoms with Crippen molar-refractivity contribution in [3.63, 3.8) is 0 Å². The quantitative estimate of drug-likeness (QED) is 0.137. The fourth-order valence-corrected chi connectivity index (χ4v) is 4.56. The van der Waals surface area contributed by atoms with Gasteiger partial charge in [0.1, 0.15) is 5.84 Å². The normalized spacial score (nSPS) is 12.4. The maximum absolute atomic E-state index is 13.4. The van der Waals surface area contributed by atoms with Gasteiger partial charge in [0.15, 0.2) is 0 Å². The Morgan fingerprint density at radius 1 is 0.875 bits per heavy atom. The van der Waals surface area contributed by atoms with E-state index >= 15 is 0 Å². The zero-order chi connectivity index (χ0) is 28.5. The Balaban J connectivity index is 1.63. The third kappa shape index (κ3) is 7.32. The lowest BCUT2D eigenvalue weighted by Gasteiger charge is -2.24. The number of nitrogens with two attached hydrogens (primary N) is 1. The number of hydrogen-bond acceptors (Lipinski definition) is 4. The van der Waals surface area contributed by atoms with Crippen LogP contribution in [-0.4, -0.2) is 30.9 Å². The lowest BCUT2D eigenvalue weighted by atomic mass is 9.90. The average Bonchev–Trinajstić information content (AvgIpc) is 2.98. The summed E-state index contributed by atoms with van der Waals surface area (Å²) in [6.07, 6.45) is 3.99. The van der Waals surface area contributed by atoms with E-state index in [1.54, 1.807) is 30.3 Å². The fraction of sp³-hybridized carbons (Fsp3) is 0.147. The molecule has 2 atom stereocenters. The minimum absolute atomic E-state index is 0.0561. The first-order valence-electron chi connectivity index (χ1n) is 13.1. The number of carbonyl (C=O) groups excluding carboxylic acids is 2. The molecule has 0 aromatic heterocycles. The Bertz CT molecular complexity index is 1510. The highest BCUT2D eigenvalue weighted by Crippen LogP contribution is 2.22. The molecule has 4 aromatic rings. The van der Waals surface area contributed by atoms with Gasteiger partial charge in [0.25, 0.3) is 5.91 Å². The van der Waals surface area contributed by atoms with Crippen molar-refractivity contribution < 1.29 is 14.3 Å². The summed E-state index contributed by atoms with van der Waals surface area (Å²) in [6.45, 7) is 2.04. The number of nitrogen functional groups attached to an aromatic ring is 1. The Hall–Kier alpha value is -4.97. The van der Waals surface area contributed by atoms with E-state index in [0.29, 0.717) is 11.1 Å². The molecule has 0 bridgehead atoms. The number of methoxy groups -OCH3 is 1. The van der Waals surface area contributed by atoms with Crippen LogP contribution in [0.1, 0.15) is 32.6 Å². The first kappa shape index (κ1) is 28.0. The van der Waals surface area contributed by atoms with Crippen molar-refractivity contribution >= 4 is 23.8 Å². The highest BCUT2D eigenvalue weighted by atomic mass is 16.5. The second kappa shape index (κ2) is 13.2. The van der Waals surface area contributed by atoms with Crippen LogP contribution >= 0.6 is 0 Å². The topological polar surface area (TPSA) is 105 Å². The second-order valence-electron chi connectivity index (χ2n) is 9.66. The highest BCUT2D eigenvalue weighted by Gasteiger charge is 2.30. The summed E-state index contributed by atoms with van der Waals surface area (Å²) in [4.78, 5) is 26.5. The number of esters is 1. The molecule has 0 aliphatic rings. The molecule has 4 aromatic carbocycles. The number of carbonyl (C=O) groups is 2. The Labute approximate surface area is 235 Å². The van der Waals surface area contributed by atoms with E-state index in [2.05, 4.69) is 11.4 Å². The largest absolute Gasteiger partial charge is 0.469 e. The zero-order valence-electron chi connectivity index (χ0n) is 22.6. The van der Waals surface area contributed by atoms with Crippen LogP contribution in [0.25, 0.3) is 17.2 Å². The van der Waals surface area contributed by atoms with Gasteiger partial charge in [0.05, 0.1) is 19.1 Å². The van der Waals surface area contributed by atoms with Crippen LogP contribution in [0.4, 0.5) is 0 Å². The number of amidine groups is 1. The van der Waals surface area contributed by atoms with Crippen LogP contribution in [0.3, 0.4) is 0 Å². The number of benzene rings is 4. The van der Waals surface area contributed by atoms with Gasteiger partial charge in [-0.3, -0.25) is 15.0 Å². The molecule has 0 spiro atoms. The predicted octanol–water partition coefficient (Wildman–Crippen LogP) is 5.79. The van der Waals surface area contributed by atoms with Crippen molar-refractivity contribution in [2.75, 3.05) is 7.11 Å².